The summed E-state index contributed by atoms with van der Waals surface area (Å²) in [6.45, 7) is 8.73. The van der Waals surface area contributed by atoms with Gasteiger partial charge in [-0.2, -0.15) is 0 Å². The Kier molecular flexibility index (Phi) is 11.9. The summed E-state index contributed by atoms with van der Waals surface area (Å²) in [6, 6.07) is 29.9. The first-order valence-electron chi connectivity index (χ1n) is 21.0. The number of aliphatic hydroxyl groups is 1. The highest BCUT2D eigenvalue weighted by atomic mass is 28.3. The van der Waals surface area contributed by atoms with Gasteiger partial charge in [-0.15, -0.1) is 5.10 Å². The van der Waals surface area contributed by atoms with Crippen LogP contribution in [0.4, 0.5) is 17.1 Å². The SMILES string of the molecule is COc1ccc([Si](C)(C)[C@@H]2[C@@H](CCn3cc(C(CO)c4ccccc4)nn3)O[C@]3(C(=O)N(Cc4ccc(NC(=O)C5CCCNC5)cc4)c4ccc([N+](=O)[O-])cc43)[C@H]2C)cc1. The number of piperidine rings is 1. The van der Waals surface area contributed by atoms with E-state index in [1.54, 1.807) is 22.8 Å². The Morgan fingerprint density at radius 1 is 1.10 bits per heavy atom. The highest BCUT2D eigenvalue weighted by Gasteiger charge is 2.66. The van der Waals surface area contributed by atoms with Crippen LogP contribution in [-0.2, 0) is 33.0 Å². The summed E-state index contributed by atoms with van der Waals surface area (Å²) in [4.78, 5) is 41.8. The van der Waals surface area contributed by atoms with Gasteiger partial charge in [-0.25, -0.2) is 0 Å². The minimum atomic E-state index is -2.52. The standard InChI is InChI=1S/C46H53N7O7Si/c1-30-43(61(3,4)37-19-17-36(59-2)18-20-37)42(22-24-51-28-40(49-50-51)38(29-54)32-9-6-5-7-10-32)60-46(30)39-25-35(53(57)58)16-21-41(39)52(45(46)56)27-31-12-14-34(15-13-31)48-44(55)33-11-8-23-47-26-33/h5-7,9-10,12-21,25,28,30,33,38,42-43,47,54H,8,11,22-24,26-27,29H2,1-4H3,(H,48,55)/t30-,33?,38?,42+,43-,46+/m0/s1. The molecule has 3 N–H and O–H groups in total. The number of benzene rings is 4. The van der Waals surface area contributed by atoms with E-state index in [2.05, 4.69) is 53.1 Å². The molecule has 3 aliphatic heterocycles. The molecule has 2 unspecified atom stereocenters. The maximum Gasteiger partial charge on any atom is 0.269 e. The van der Waals surface area contributed by atoms with Crippen molar-refractivity contribution in [3.63, 3.8) is 0 Å². The second kappa shape index (κ2) is 17.3. The number of nitrogens with zero attached hydrogens (tertiary/aromatic N) is 5. The molecule has 4 heterocycles. The molecule has 2 saturated heterocycles. The maximum atomic E-state index is 15.3. The van der Waals surface area contributed by atoms with Crippen molar-refractivity contribution in [2.45, 2.75) is 75.5 Å². The molecule has 0 radical (unpaired) electrons. The van der Waals surface area contributed by atoms with Gasteiger partial charge in [0.25, 0.3) is 11.6 Å². The van der Waals surface area contributed by atoms with Crippen molar-refractivity contribution >= 4 is 42.1 Å². The number of nitro benzene ring substituents is 1. The van der Waals surface area contributed by atoms with E-state index in [9.17, 15) is 20.0 Å². The number of rotatable bonds is 14. The number of carbonyl (C=O) groups is 2. The van der Waals surface area contributed by atoms with Gasteiger partial charge in [-0.1, -0.05) is 85.0 Å². The predicted octanol–water partition coefficient (Wildman–Crippen LogP) is 6.11. The Balaban J connectivity index is 1.12. The number of aryl methyl sites for hydroxylation is 1. The molecule has 15 heteroatoms. The first-order valence-corrected chi connectivity index (χ1v) is 24.1. The molecule has 14 nitrogen and oxygen atoms in total. The molecule has 0 saturated carbocycles. The van der Waals surface area contributed by atoms with Gasteiger partial charge in [-0.05, 0) is 72.8 Å². The van der Waals surface area contributed by atoms with Crippen LogP contribution in [-0.4, -0.2) is 77.8 Å². The van der Waals surface area contributed by atoms with Crippen LogP contribution in [0.15, 0.2) is 103 Å². The van der Waals surface area contributed by atoms with Crippen molar-refractivity contribution in [2.24, 2.45) is 11.8 Å². The molecule has 0 aliphatic carbocycles. The number of nitro groups is 1. The normalized spacial score (nSPS) is 22.9. The Hall–Kier alpha value is -5.74. The van der Waals surface area contributed by atoms with Crippen molar-refractivity contribution in [3.8, 4) is 5.75 Å². The first kappa shape index (κ1) is 42.0. The minimum absolute atomic E-state index is 0.0180. The van der Waals surface area contributed by atoms with Crippen LogP contribution in [0.25, 0.3) is 0 Å². The largest absolute Gasteiger partial charge is 0.497 e. The molecular weight excluding hydrogens is 791 g/mol. The number of hydrogen-bond acceptors (Lipinski definition) is 10. The number of hydrogen-bond donors (Lipinski definition) is 3. The monoisotopic (exact) mass is 843 g/mol. The molecule has 1 spiro atoms. The second-order valence-corrected chi connectivity index (χ2v) is 21.8. The third-order valence-electron chi connectivity index (χ3n) is 13.2. The van der Waals surface area contributed by atoms with Crippen molar-refractivity contribution in [3.05, 3.63) is 136 Å². The van der Waals surface area contributed by atoms with Crippen LogP contribution in [0.2, 0.25) is 18.6 Å². The number of methoxy groups -OCH3 is 1. The number of carbonyl (C=O) groups excluding carboxylic acids is 2. The number of aliphatic hydroxyl groups excluding tert-OH is 1. The number of fused-ring (bicyclic) bond motifs is 2. The van der Waals surface area contributed by atoms with Crippen LogP contribution < -0.4 is 25.5 Å². The molecule has 0 bridgehead atoms. The van der Waals surface area contributed by atoms with E-state index in [-0.39, 0.29) is 53.9 Å². The van der Waals surface area contributed by atoms with Gasteiger partial charge >= 0.3 is 0 Å². The Morgan fingerprint density at radius 2 is 1.85 bits per heavy atom. The summed E-state index contributed by atoms with van der Waals surface area (Å²) in [5, 5.41) is 39.0. The van der Waals surface area contributed by atoms with Crippen LogP contribution in [0, 0.1) is 22.0 Å². The van der Waals surface area contributed by atoms with E-state index in [0.717, 1.165) is 36.3 Å². The molecule has 5 aromatic rings. The van der Waals surface area contributed by atoms with E-state index in [0.29, 0.717) is 42.1 Å². The number of aromatic nitrogens is 3. The summed E-state index contributed by atoms with van der Waals surface area (Å²) in [5.74, 6) is -0.334. The van der Waals surface area contributed by atoms with Crippen LogP contribution in [0.5, 0.6) is 5.75 Å². The predicted molar refractivity (Wildman–Crippen MR) is 235 cm³/mol. The Bertz CT molecular complexity index is 2370. The van der Waals surface area contributed by atoms with Crippen molar-refractivity contribution in [2.75, 3.05) is 37.0 Å². The fraction of sp³-hybridized carbons (Fsp3) is 0.391. The molecule has 1 aromatic heterocycles. The molecule has 318 valence electrons. The number of non-ortho nitro benzene ring substituents is 1. The third kappa shape index (κ3) is 7.98. The van der Waals surface area contributed by atoms with Crippen molar-refractivity contribution in [1.82, 2.24) is 20.3 Å². The van der Waals surface area contributed by atoms with Gasteiger partial charge in [0.1, 0.15) is 5.75 Å². The zero-order valence-corrected chi connectivity index (χ0v) is 36.0. The van der Waals surface area contributed by atoms with Gasteiger partial charge in [0.05, 0.1) is 62.6 Å². The number of ether oxygens (including phenoxy) is 2. The summed E-state index contributed by atoms with van der Waals surface area (Å²) < 4.78 is 14.5. The highest BCUT2D eigenvalue weighted by molar-refractivity contribution is 6.91. The molecule has 3 aliphatic rings. The lowest BCUT2D eigenvalue weighted by atomic mass is 9.82. The third-order valence-corrected chi connectivity index (χ3v) is 17.6. The van der Waals surface area contributed by atoms with Crippen molar-refractivity contribution < 1.29 is 29.1 Å². The number of nitrogens with one attached hydrogen (secondary N) is 2. The summed E-state index contributed by atoms with van der Waals surface area (Å²) in [7, 11) is -0.882. The molecule has 8 rings (SSSR count). The molecular formula is C46H53N7O7Si. The van der Waals surface area contributed by atoms with E-state index >= 15 is 4.79 Å². The van der Waals surface area contributed by atoms with E-state index < -0.39 is 24.7 Å². The molecule has 2 amide bonds. The highest BCUT2D eigenvalue weighted by Crippen LogP contribution is 2.60. The lowest BCUT2D eigenvalue weighted by molar-refractivity contribution is -0.385. The van der Waals surface area contributed by atoms with E-state index in [1.165, 1.54) is 17.3 Å². The van der Waals surface area contributed by atoms with Gasteiger partial charge in [0, 0.05) is 48.6 Å². The minimum Gasteiger partial charge on any atom is -0.497 e. The average Bonchev–Trinajstić information content (AvgIpc) is 3.94. The molecule has 2 fully saturated rings. The summed E-state index contributed by atoms with van der Waals surface area (Å²) >= 11 is 0. The Labute approximate surface area is 356 Å². The smallest absolute Gasteiger partial charge is 0.269 e. The molecule has 4 aromatic carbocycles. The maximum absolute atomic E-state index is 15.3. The lowest BCUT2D eigenvalue weighted by Crippen LogP contribution is -2.51. The lowest BCUT2D eigenvalue weighted by Gasteiger charge is -2.37. The van der Waals surface area contributed by atoms with Crippen LogP contribution >= 0.6 is 0 Å². The number of amides is 2. The second-order valence-electron chi connectivity index (χ2n) is 17.1. The zero-order valence-electron chi connectivity index (χ0n) is 35.0. The Morgan fingerprint density at radius 3 is 2.52 bits per heavy atom. The molecule has 6 atom stereocenters. The van der Waals surface area contributed by atoms with E-state index in [4.69, 9.17) is 9.47 Å². The first-order chi connectivity index (χ1) is 29.4. The summed E-state index contributed by atoms with van der Waals surface area (Å²) in [6.07, 6.45) is 3.71. The quantitative estimate of drug-likeness (QED) is 0.0673. The van der Waals surface area contributed by atoms with Gasteiger partial charge < -0.3 is 30.1 Å². The van der Waals surface area contributed by atoms with E-state index in [1.807, 2.05) is 72.9 Å². The molecule has 61 heavy (non-hydrogen) atoms. The zero-order chi connectivity index (χ0) is 42.9. The van der Waals surface area contributed by atoms with Crippen LogP contribution in [0.3, 0.4) is 0 Å². The van der Waals surface area contributed by atoms with Crippen molar-refractivity contribution in [1.29, 1.82) is 0 Å². The fourth-order valence-electron chi connectivity index (χ4n) is 9.93. The van der Waals surface area contributed by atoms with Gasteiger partial charge in [0.15, 0.2) is 5.60 Å². The average molecular weight is 844 g/mol. The van der Waals surface area contributed by atoms with Crippen LogP contribution in [0.1, 0.15) is 54.5 Å². The fourth-order valence-corrected chi connectivity index (χ4v) is 14.0. The number of anilines is 2. The topological polar surface area (TPSA) is 174 Å². The van der Waals surface area contributed by atoms with Gasteiger partial charge in [-0.3, -0.25) is 24.4 Å². The summed E-state index contributed by atoms with van der Waals surface area (Å²) in [5.41, 5.74) is 2.43. The van der Waals surface area contributed by atoms with Gasteiger partial charge in [0.2, 0.25) is 5.91 Å².